The van der Waals surface area contributed by atoms with Gasteiger partial charge in [0, 0.05) is 19.0 Å². The fraction of sp³-hybridized carbons (Fsp3) is 0.174. The molecule has 1 heterocycles. The predicted octanol–water partition coefficient (Wildman–Crippen LogP) is 2.34. The fourth-order valence-electron chi connectivity index (χ4n) is 3.82. The third kappa shape index (κ3) is 3.44. The minimum atomic E-state index is -0.739. The summed E-state index contributed by atoms with van der Waals surface area (Å²) in [6.07, 6.45) is 0.484. The van der Waals surface area contributed by atoms with Crippen molar-refractivity contribution in [3.05, 3.63) is 114 Å². The second kappa shape index (κ2) is 8.34. The minimum absolute atomic E-state index is 0.222. The fourth-order valence-corrected chi connectivity index (χ4v) is 3.82. The van der Waals surface area contributed by atoms with Gasteiger partial charge >= 0.3 is 0 Å². The first kappa shape index (κ1) is 19.0. The van der Waals surface area contributed by atoms with Gasteiger partial charge in [-0.1, -0.05) is 91.0 Å². The SMILES string of the molecule is NCC(N)Cc1nnnn1C(c1ccccc1)(c1ccccc1)c1ccccc1. The Morgan fingerprint density at radius 3 is 1.62 bits per heavy atom. The third-order valence-electron chi connectivity index (χ3n) is 5.17. The van der Waals surface area contributed by atoms with E-state index in [1.807, 2.05) is 59.3 Å². The maximum atomic E-state index is 6.16. The van der Waals surface area contributed by atoms with Crippen LogP contribution in [0.5, 0.6) is 0 Å². The van der Waals surface area contributed by atoms with E-state index in [-0.39, 0.29) is 6.04 Å². The lowest BCUT2D eigenvalue weighted by Gasteiger charge is -2.36. The van der Waals surface area contributed by atoms with Crippen molar-refractivity contribution in [2.75, 3.05) is 6.54 Å². The molecule has 4 aromatic rings. The molecule has 29 heavy (non-hydrogen) atoms. The maximum Gasteiger partial charge on any atom is 0.154 e. The lowest BCUT2D eigenvalue weighted by atomic mass is 9.77. The van der Waals surface area contributed by atoms with Crippen LogP contribution in [0.15, 0.2) is 91.0 Å². The monoisotopic (exact) mass is 384 g/mol. The molecule has 6 heteroatoms. The van der Waals surface area contributed by atoms with Crippen LogP contribution < -0.4 is 11.5 Å². The van der Waals surface area contributed by atoms with Crippen molar-refractivity contribution in [2.45, 2.75) is 18.0 Å². The molecule has 3 aromatic carbocycles. The van der Waals surface area contributed by atoms with Crippen molar-refractivity contribution in [2.24, 2.45) is 11.5 Å². The van der Waals surface area contributed by atoms with Crippen molar-refractivity contribution in [3.8, 4) is 0 Å². The Hall–Kier alpha value is -3.35. The van der Waals surface area contributed by atoms with Crippen LogP contribution in [0.25, 0.3) is 0 Å². The molecule has 0 saturated carbocycles. The molecule has 4 N–H and O–H groups in total. The maximum absolute atomic E-state index is 6.16. The first-order valence-corrected chi connectivity index (χ1v) is 9.66. The van der Waals surface area contributed by atoms with Crippen molar-refractivity contribution in [1.29, 1.82) is 0 Å². The minimum Gasteiger partial charge on any atom is -0.329 e. The van der Waals surface area contributed by atoms with Gasteiger partial charge in [0.15, 0.2) is 5.82 Å². The molecule has 6 nitrogen and oxygen atoms in total. The molecule has 0 aliphatic carbocycles. The number of nitrogens with two attached hydrogens (primary N) is 2. The van der Waals surface area contributed by atoms with Gasteiger partial charge in [-0.3, -0.25) is 0 Å². The van der Waals surface area contributed by atoms with Gasteiger partial charge in [-0.05, 0) is 27.1 Å². The summed E-state index contributed by atoms with van der Waals surface area (Å²) < 4.78 is 1.89. The summed E-state index contributed by atoms with van der Waals surface area (Å²) in [7, 11) is 0. The van der Waals surface area contributed by atoms with Gasteiger partial charge in [-0.15, -0.1) is 5.10 Å². The Morgan fingerprint density at radius 2 is 1.21 bits per heavy atom. The molecular weight excluding hydrogens is 360 g/mol. The number of hydrogen-bond donors (Lipinski definition) is 2. The highest BCUT2D eigenvalue weighted by atomic mass is 15.6. The zero-order valence-electron chi connectivity index (χ0n) is 16.1. The summed E-state index contributed by atoms with van der Waals surface area (Å²) >= 11 is 0. The van der Waals surface area contributed by atoms with E-state index in [4.69, 9.17) is 11.5 Å². The molecule has 1 atom stereocenters. The van der Waals surface area contributed by atoms with Gasteiger partial charge < -0.3 is 11.5 Å². The highest BCUT2D eigenvalue weighted by Crippen LogP contribution is 2.40. The number of nitrogens with zero attached hydrogens (tertiary/aromatic N) is 4. The van der Waals surface area contributed by atoms with Crippen LogP contribution in [0.1, 0.15) is 22.5 Å². The van der Waals surface area contributed by atoms with Gasteiger partial charge in [0.05, 0.1) is 0 Å². The van der Waals surface area contributed by atoms with Crippen molar-refractivity contribution >= 4 is 0 Å². The predicted molar refractivity (Wildman–Crippen MR) is 113 cm³/mol. The van der Waals surface area contributed by atoms with Gasteiger partial charge in [-0.2, -0.15) is 0 Å². The number of benzene rings is 3. The second-order valence-electron chi connectivity index (χ2n) is 7.02. The van der Waals surface area contributed by atoms with E-state index in [9.17, 15) is 0 Å². The normalized spacial score (nSPS) is 12.6. The largest absolute Gasteiger partial charge is 0.329 e. The molecule has 0 bridgehead atoms. The summed E-state index contributed by atoms with van der Waals surface area (Å²) in [5, 5.41) is 12.8. The van der Waals surface area contributed by atoms with Crippen LogP contribution in [0, 0.1) is 0 Å². The average Bonchev–Trinajstić information content (AvgIpc) is 3.25. The summed E-state index contributed by atoms with van der Waals surface area (Å²) in [4.78, 5) is 0. The molecule has 0 aliphatic heterocycles. The van der Waals surface area contributed by atoms with Crippen molar-refractivity contribution in [3.63, 3.8) is 0 Å². The summed E-state index contributed by atoms with van der Waals surface area (Å²) in [5.41, 5.74) is 14.4. The van der Waals surface area contributed by atoms with E-state index in [1.165, 1.54) is 0 Å². The van der Waals surface area contributed by atoms with E-state index >= 15 is 0 Å². The quantitative estimate of drug-likeness (QED) is 0.477. The summed E-state index contributed by atoms with van der Waals surface area (Å²) in [5.74, 6) is 0.694. The van der Waals surface area contributed by atoms with E-state index in [0.717, 1.165) is 16.7 Å². The van der Waals surface area contributed by atoms with Crippen molar-refractivity contribution in [1.82, 2.24) is 20.2 Å². The molecule has 0 saturated heterocycles. The number of aromatic nitrogens is 4. The van der Waals surface area contributed by atoms with Crippen LogP contribution >= 0.6 is 0 Å². The van der Waals surface area contributed by atoms with E-state index < -0.39 is 5.54 Å². The molecule has 1 unspecified atom stereocenters. The van der Waals surface area contributed by atoms with Crippen LogP contribution in [-0.4, -0.2) is 32.8 Å². The Kier molecular flexibility index (Phi) is 5.46. The second-order valence-corrected chi connectivity index (χ2v) is 7.02. The van der Waals surface area contributed by atoms with Crippen LogP contribution in [0.2, 0.25) is 0 Å². The number of tetrazole rings is 1. The average molecular weight is 384 g/mol. The van der Waals surface area contributed by atoms with Gasteiger partial charge in [0.25, 0.3) is 0 Å². The van der Waals surface area contributed by atoms with E-state index in [2.05, 4.69) is 51.9 Å². The van der Waals surface area contributed by atoms with Crippen LogP contribution in [-0.2, 0) is 12.0 Å². The molecule has 1 aromatic heterocycles. The zero-order chi connectivity index (χ0) is 20.1. The van der Waals surface area contributed by atoms with E-state index in [1.54, 1.807) is 0 Å². The lowest BCUT2D eigenvalue weighted by Crippen LogP contribution is -2.41. The van der Waals surface area contributed by atoms with E-state index in [0.29, 0.717) is 18.8 Å². The third-order valence-corrected chi connectivity index (χ3v) is 5.17. The molecule has 0 amide bonds. The van der Waals surface area contributed by atoms with Gasteiger partial charge in [0.2, 0.25) is 0 Å². The molecule has 0 aliphatic rings. The number of hydrogen-bond acceptors (Lipinski definition) is 5. The molecule has 146 valence electrons. The smallest absolute Gasteiger partial charge is 0.154 e. The molecule has 4 rings (SSSR count). The number of rotatable bonds is 7. The zero-order valence-corrected chi connectivity index (χ0v) is 16.1. The summed E-state index contributed by atoms with van der Waals surface area (Å²) in [6, 6.07) is 30.6. The van der Waals surface area contributed by atoms with Crippen LogP contribution in [0.4, 0.5) is 0 Å². The lowest BCUT2D eigenvalue weighted by molar-refractivity contribution is 0.424. The molecule has 0 radical (unpaired) electrons. The highest BCUT2D eigenvalue weighted by Gasteiger charge is 2.41. The Balaban J connectivity index is 2.06. The molecular formula is C23H24N6. The molecule has 0 spiro atoms. The van der Waals surface area contributed by atoms with Crippen LogP contribution in [0.3, 0.4) is 0 Å². The van der Waals surface area contributed by atoms with Gasteiger partial charge in [0.1, 0.15) is 5.54 Å². The Morgan fingerprint density at radius 1 is 0.759 bits per heavy atom. The summed E-state index contributed by atoms with van der Waals surface area (Å²) in [6.45, 7) is 0.363. The topological polar surface area (TPSA) is 95.6 Å². The Bertz CT molecular complexity index is 934. The first-order valence-electron chi connectivity index (χ1n) is 9.66. The standard InChI is InChI=1S/C23H24N6/c24-17-21(25)16-22-26-27-28-29(22)23(18-10-4-1-5-11-18,19-12-6-2-7-13-19)20-14-8-3-9-15-20/h1-15,21H,16-17,24-25H2. The van der Waals surface area contributed by atoms with Gasteiger partial charge in [-0.25, -0.2) is 4.68 Å². The molecule has 0 fully saturated rings. The highest BCUT2D eigenvalue weighted by molar-refractivity contribution is 5.50. The Labute approximate surface area is 170 Å². The first-order chi connectivity index (χ1) is 14.3. The van der Waals surface area contributed by atoms with Crippen molar-refractivity contribution < 1.29 is 0 Å².